The maximum Gasteiger partial charge on any atom is 0.273 e. The standard InChI is InChI=1S/C12H14N4O2S/c1-8-6-10(15-18-8)11(17)14-9-2-4-16(7-9)12-13-3-5-19-12/h3,5-6,9H,2,4,7H2,1H3,(H,14,17). The lowest BCUT2D eigenvalue weighted by Crippen LogP contribution is -2.37. The van der Waals surface area contributed by atoms with Gasteiger partial charge < -0.3 is 14.7 Å². The summed E-state index contributed by atoms with van der Waals surface area (Å²) in [7, 11) is 0. The van der Waals surface area contributed by atoms with Gasteiger partial charge in [0.05, 0.1) is 0 Å². The smallest absolute Gasteiger partial charge is 0.273 e. The second kappa shape index (κ2) is 5.00. The predicted molar refractivity (Wildman–Crippen MR) is 71.4 cm³/mol. The summed E-state index contributed by atoms with van der Waals surface area (Å²) >= 11 is 1.62. The molecule has 1 aliphatic heterocycles. The number of nitrogens with zero attached hydrogens (tertiary/aromatic N) is 3. The SMILES string of the molecule is Cc1cc(C(=O)NC2CCN(c3nccs3)C2)no1. The van der Waals surface area contributed by atoms with Gasteiger partial charge in [-0.15, -0.1) is 11.3 Å². The summed E-state index contributed by atoms with van der Waals surface area (Å²) < 4.78 is 4.90. The fraction of sp³-hybridized carbons (Fsp3) is 0.417. The molecule has 1 N–H and O–H groups in total. The van der Waals surface area contributed by atoms with Crippen molar-refractivity contribution >= 4 is 22.4 Å². The highest BCUT2D eigenvalue weighted by Crippen LogP contribution is 2.22. The van der Waals surface area contributed by atoms with Gasteiger partial charge in [0.25, 0.3) is 5.91 Å². The molecule has 2 aromatic heterocycles. The van der Waals surface area contributed by atoms with Crippen LogP contribution >= 0.6 is 11.3 Å². The molecule has 0 aromatic carbocycles. The summed E-state index contributed by atoms with van der Waals surface area (Å²) in [6.45, 7) is 3.47. The van der Waals surface area contributed by atoms with E-state index in [1.165, 1.54) is 0 Å². The van der Waals surface area contributed by atoms with Crippen LogP contribution in [0.25, 0.3) is 0 Å². The maximum atomic E-state index is 11.9. The lowest BCUT2D eigenvalue weighted by molar-refractivity contribution is 0.0931. The molecule has 6 nitrogen and oxygen atoms in total. The fourth-order valence-corrected chi connectivity index (χ4v) is 2.84. The van der Waals surface area contributed by atoms with Crippen molar-refractivity contribution in [2.24, 2.45) is 0 Å². The molecule has 0 saturated carbocycles. The first-order chi connectivity index (χ1) is 9.22. The number of amides is 1. The van der Waals surface area contributed by atoms with Crippen molar-refractivity contribution in [2.75, 3.05) is 18.0 Å². The van der Waals surface area contributed by atoms with Gasteiger partial charge in [-0.1, -0.05) is 5.16 Å². The summed E-state index contributed by atoms with van der Waals surface area (Å²) in [5.74, 6) is 0.462. The predicted octanol–water partition coefficient (Wildman–Crippen LogP) is 1.45. The van der Waals surface area contributed by atoms with Crippen molar-refractivity contribution in [3.8, 4) is 0 Å². The number of hydrogen-bond acceptors (Lipinski definition) is 6. The van der Waals surface area contributed by atoms with E-state index in [0.29, 0.717) is 11.5 Å². The van der Waals surface area contributed by atoms with E-state index in [0.717, 1.165) is 24.6 Å². The number of nitrogens with one attached hydrogen (secondary N) is 1. The van der Waals surface area contributed by atoms with Crippen LogP contribution in [0.5, 0.6) is 0 Å². The van der Waals surface area contributed by atoms with E-state index < -0.39 is 0 Å². The molecule has 19 heavy (non-hydrogen) atoms. The van der Waals surface area contributed by atoms with Crippen molar-refractivity contribution in [1.82, 2.24) is 15.5 Å². The van der Waals surface area contributed by atoms with Gasteiger partial charge in [0.2, 0.25) is 0 Å². The largest absolute Gasteiger partial charge is 0.361 e. The van der Waals surface area contributed by atoms with E-state index in [1.54, 1.807) is 30.5 Å². The van der Waals surface area contributed by atoms with Gasteiger partial charge in [-0.25, -0.2) is 4.98 Å². The van der Waals surface area contributed by atoms with Crippen LogP contribution in [0.3, 0.4) is 0 Å². The van der Waals surface area contributed by atoms with Crippen LogP contribution < -0.4 is 10.2 Å². The van der Waals surface area contributed by atoms with Crippen LogP contribution in [0.2, 0.25) is 0 Å². The Bertz CT molecular complexity index is 566. The molecule has 2 aromatic rings. The fourth-order valence-electron chi connectivity index (χ4n) is 2.16. The summed E-state index contributed by atoms with van der Waals surface area (Å²) in [6, 6.07) is 1.77. The number of aryl methyl sites for hydroxylation is 1. The minimum atomic E-state index is -0.178. The molecular formula is C12H14N4O2S. The van der Waals surface area contributed by atoms with E-state index in [9.17, 15) is 4.79 Å². The summed E-state index contributed by atoms with van der Waals surface area (Å²) in [6.07, 6.45) is 2.71. The topological polar surface area (TPSA) is 71.3 Å². The molecule has 1 unspecified atom stereocenters. The minimum absolute atomic E-state index is 0.133. The molecule has 3 rings (SSSR count). The third kappa shape index (κ3) is 2.60. The molecule has 1 atom stereocenters. The molecule has 0 bridgehead atoms. The second-order valence-corrected chi connectivity index (χ2v) is 5.42. The molecule has 0 radical (unpaired) electrons. The normalized spacial score (nSPS) is 18.8. The van der Waals surface area contributed by atoms with Crippen LogP contribution in [0.1, 0.15) is 22.7 Å². The number of anilines is 1. The van der Waals surface area contributed by atoms with E-state index in [4.69, 9.17) is 4.52 Å². The molecule has 1 saturated heterocycles. The number of carbonyl (C=O) groups is 1. The Labute approximate surface area is 114 Å². The molecule has 1 fully saturated rings. The highest BCUT2D eigenvalue weighted by Gasteiger charge is 2.26. The van der Waals surface area contributed by atoms with Crippen LogP contribution in [-0.2, 0) is 0 Å². The molecule has 100 valence electrons. The van der Waals surface area contributed by atoms with Crippen LogP contribution in [0.15, 0.2) is 22.2 Å². The van der Waals surface area contributed by atoms with Crippen molar-refractivity contribution in [3.63, 3.8) is 0 Å². The molecule has 1 amide bonds. The summed E-state index contributed by atoms with van der Waals surface area (Å²) in [5, 5.41) is 9.66. The van der Waals surface area contributed by atoms with Crippen molar-refractivity contribution in [3.05, 3.63) is 29.1 Å². The van der Waals surface area contributed by atoms with Gasteiger partial charge in [0.15, 0.2) is 10.8 Å². The Morgan fingerprint density at radius 2 is 2.53 bits per heavy atom. The number of carbonyl (C=O) groups excluding carboxylic acids is 1. The van der Waals surface area contributed by atoms with Gasteiger partial charge in [-0.05, 0) is 13.3 Å². The van der Waals surface area contributed by atoms with Crippen molar-refractivity contribution in [2.45, 2.75) is 19.4 Å². The van der Waals surface area contributed by atoms with E-state index in [1.807, 2.05) is 5.38 Å². The third-order valence-corrected chi connectivity index (χ3v) is 3.91. The molecule has 3 heterocycles. The van der Waals surface area contributed by atoms with Crippen LogP contribution in [0.4, 0.5) is 5.13 Å². The Morgan fingerprint density at radius 3 is 3.21 bits per heavy atom. The Morgan fingerprint density at radius 1 is 1.63 bits per heavy atom. The van der Waals surface area contributed by atoms with Gasteiger partial charge in [-0.2, -0.15) is 0 Å². The number of aromatic nitrogens is 2. The molecular weight excluding hydrogens is 264 g/mol. The molecule has 7 heteroatoms. The average Bonchev–Trinajstić information content (AvgIpc) is 3.07. The highest BCUT2D eigenvalue weighted by molar-refractivity contribution is 7.13. The Hall–Kier alpha value is -1.89. The van der Waals surface area contributed by atoms with E-state index >= 15 is 0 Å². The first-order valence-corrected chi connectivity index (χ1v) is 6.99. The zero-order chi connectivity index (χ0) is 13.2. The second-order valence-electron chi connectivity index (χ2n) is 4.54. The number of rotatable bonds is 3. The number of hydrogen-bond donors (Lipinski definition) is 1. The van der Waals surface area contributed by atoms with E-state index in [2.05, 4.69) is 20.4 Å². The van der Waals surface area contributed by atoms with Gasteiger partial charge in [0, 0.05) is 36.8 Å². The zero-order valence-corrected chi connectivity index (χ0v) is 11.3. The minimum Gasteiger partial charge on any atom is -0.361 e. The van der Waals surface area contributed by atoms with Gasteiger partial charge in [-0.3, -0.25) is 4.79 Å². The lowest BCUT2D eigenvalue weighted by atomic mass is 10.2. The molecule has 0 aliphatic carbocycles. The average molecular weight is 278 g/mol. The van der Waals surface area contributed by atoms with E-state index in [-0.39, 0.29) is 11.9 Å². The van der Waals surface area contributed by atoms with Crippen molar-refractivity contribution < 1.29 is 9.32 Å². The Balaban J connectivity index is 1.59. The summed E-state index contributed by atoms with van der Waals surface area (Å²) in [5.41, 5.74) is 0.338. The van der Waals surface area contributed by atoms with Gasteiger partial charge in [0.1, 0.15) is 5.76 Å². The quantitative estimate of drug-likeness (QED) is 0.920. The molecule has 1 aliphatic rings. The number of thiazole rings is 1. The molecule has 0 spiro atoms. The Kier molecular flexibility index (Phi) is 3.20. The monoisotopic (exact) mass is 278 g/mol. The van der Waals surface area contributed by atoms with Crippen LogP contribution in [-0.4, -0.2) is 35.2 Å². The maximum absolute atomic E-state index is 11.9. The first kappa shape index (κ1) is 12.2. The first-order valence-electron chi connectivity index (χ1n) is 6.11. The summed E-state index contributed by atoms with van der Waals surface area (Å²) in [4.78, 5) is 18.4. The highest BCUT2D eigenvalue weighted by atomic mass is 32.1. The zero-order valence-electron chi connectivity index (χ0n) is 10.5. The van der Waals surface area contributed by atoms with Crippen molar-refractivity contribution in [1.29, 1.82) is 0 Å². The van der Waals surface area contributed by atoms with Gasteiger partial charge >= 0.3 is 0 Å². The third-order valence-electron chi connectivity index (χ3n) is 3.07. The van der Waals surface area contributed by atoms with Crippen LogP contribution in [0, 0.1) is 6.92 Å². The lowest BCUT2D eigenvalue weighted by Gasteiger charge is -2.15.